The monoisotopic (exact) mass is 643 g/mol. The zero-order valence-corrected chi connectivity index (χ0v) is 27.5. The van der Waals surface area contributed by atoms with Gasteiger partial charge in [-0.3, -0.25) is 14.4 Å². The minimum Gasteiger partial charge on any atom is -0.546 e. The number of ether oxygens (including phenoxy) is 6. The standard InChI is InChI=1S/C16H23NO5.C10H11NO4.C5H13NO2.Li/c1-12(18)15-6-5-14(10-16(15)17)22-11-13(19)4-3-7-21-9-8-20-2;1-6(12)8-3-2-7(4-9(8)11)15-5-10(13)14;1-7-4-5-8-3-2-6;/h5-6,10H,3-4,7-9,11,17H2,1-2H3;2-4H,5,11H2,1H3,(H,13,14);2-6H2,1H3;/q;;;+1/p-1. The Labute approximate surface area is 282 Å². The van der Waals surface area contributed by atoms with E-state index in [1.165, 1.54) is 32.0 Å². The van der Waals surface area contributed by atoms with Gasteiger partial charge in [-0.25, -0.2) is 0 Å². The summed E-state index contributed by atoms with van der Waals surface area (Å²) in [5.74, 6) is -0.810. The number of benzene rings is 2. The van der Waals surface area contributed by atoms with Crippen LogP contribution in [0.3, 0.4) is 0 Å². The van der Waals surface area contributed by atoms with Crippen molar-refractivity contribution >= 4 is 34.7 Å². The van der Waals surface area contributed by atoms with Gasteiger partial charge in [-0.1, -0.05) is 0 Å². The smallest absolute Gasteiger partial charge is 0.546 e. The Balaban J connectivity index is 0. The second-order valence-electron chi connectivity index (χ2n) is 9.20. The summed E-state index contributed by atoms with van der Waals surface area (Å²) in [6, 6.07) is 9.16. The number of rotatable bonds is 20. The van der Waals surface area contributed by atoms with E-state index in [9.17, 15) is 24.3 Å². The van der Waals surface area contributed by atoms with Gasteiger partial charge in [-0.15, -0.1) is 0 Å². The van der Waals surface area contributed by atoms with Crippen molar-refractivity contribution in [2.45, 2.75) is 26.7 Å². The number of nitrogen functional groups attached to an aromatic ring is 2. The van der Waals surface area contributed by atoms with E-state index >= 15 is 0 Å². The largest absolute Gasteiger partial charge is 1.00 e. The number of aliphatic carboxylic acids is 1. The number of anilines is 2. The molecule has 0 saturated heterocycles. The van der Waals surface area contributed by atoms with Gasteiger partial charge in [-0.05, 0) is 44.5 Å². The molecule has 2 rings (SSSR count). The third-order valence-electron chi connectivity index (χ3n) is 5.43. The molecule has 0 aliphatic carbocycles. The van der Waals surface area contributed by atoms with Crippen molar-refractivity contribution in [3.05, 3.63) is 47.5 Å². The molecule has 15 heteroatoms. The van der Waals surface area contributed by atoms with E-state index in [1.54, 1.807) is 32.4 Å². The van der Waals surface area contributed by atoms with Crippen LogP contribution in [0.2, 0.25) is 0 Å². The van der Waals surface area contributed by atoms with Crippen LogP contribution in [-0.4, -0.2) is 96.9 Å². The van der Waals surface area contributed by atoms with E-state index in [0.29, 0.717) is 87.3 Å². The summed E-state index contributed by atoms with van der Waals surface area (Å²) < 4.78 is 30.0. The third kappa shape index (κ3) is 22.1. The Hall–Kier alpha value is -3.48. The summed E-state index contributed by atoms with van der Waals surface area (Å²) in [6.07, 6.45) is 1.05. The van der Waals surface area contributed by atoms with Gasteiger partial charge in [0.05, 0.1) is 39.0 Å². The van der Waals surface area contributed by atoms with Gasteiger partial charge in [0.1, 0.15) is 24.7 Å². The predicted octanol–water partition coefficient (Wildman–Crippen LogP) is -1.93. The summed E-state index contributed by atoms with van der Waals surface area (Å²) in [7, 11) is 3.26. The minimum atomic E-state index is -1.32. The summed E-state index contributed by atoms with van der Waals surface area (Å²) in [5.41, 5.74) is 17.9. The van der Waals surface area contributed by atoms with Crippen LogP contribution in [0.5, 0.6) is 11.5 Å². The van der Waals surface area contributed by atoms with Crippen LogP contribution in [0, 0.1) is 0 Å². The van der Waals surface area contributed by atoms with Crippen molar-refractivity contribution in [2.24, 2.45) is 5.73 Å². The summed E-state index contributed by atoms with van der Waals surface area (Å²) in [6.45, 7) is 6.40. The molecule has 0 saturated carbocycles. The van der Waals surface area contributed by atoms with E-state index in [4.69, 9.17) is 45.6 Å². The molecule has 252 valence electrons. The first-order valence-corrected chi connectivity index (χ1v) is 14.1. The molecule has 0 unspecified atom stereocenters. The number of carboxylic acids is 1. The molecule has 0 spiro atoms. The van der Waals surface area contributed by atoms with Gasteiger partial charge >= 0.3 is 18.9 Å². The molecule has 0 radical (unpaired) electrons. The number of Topliss-reactive ketones (excluding diaryl/α,β-unsaturated/α-hetero) is 3. The van der Waals surface area contributed by atoms with E-state index in [-0.39, 0.29) is 48.5 Å². The average molecular weight is 644 g/mol. The molecular weight excluding hydrogens is 597 g/mol. The van der Waals surface area contributed by atoms with Crippen molar-refractivity contribution in [3.63, 3.8) is 0 Å². The fourth-order valence-electron chi connectivity index (χ4n) is 3.22. The fraction of sp³-hybridized carbons (Fsp3) is 0.484. The van der Waals surface area contributed by atoms with Crippen LogP contribution >= 0.6 is 0 Å². The van der Waals surface area contributed by atoms with Gasteiger partial charge in [-0.2, -0.15) is 0 Å². The maximum absolute atomic E-state index is 11.7. The first-order valence-electron chi connectivity index (χ1n) is 14.1. The van der Waals surface area contributed by atoms with Gasteiger partial charge in [0.25, 0.3) is 0 Å². The Morgan fingerprint density at radius 1 is 0.696 bits per heavy atom. The van der Waals surface area contributed by atoms with Crippen molar-refractivity contribution in [3.8, 4) is 11.5 Å². The second kappa shape index (κ2) is 27.8. The number of carbonyl (C=O) groups excluding carboxylic acids is 4. The quantitative estimate of drug-likeness (QED) is 0.0619. The molecule has 46 heavy (non-hydrogen) atoms. The molecule has 2 aromatic carbocycles. The van der Waals surface area contributed by atoms with Crippen molar-refractivity contribution in [2.75, 3.05) is 85.1 Å². The Kier molecular flexibility index (Phi) is 27.0. The average Bonchev–Trinajstić information content (AvgIpc) is 2.99. The van der Waals surface area contributed by atoms with E-state index in [1.807, 2.05) is 0 Å². The minimum absolute atomic E-state index is 0. The van der Waals surface area contributed by atoms with Crippen LogP contribution < -0.4 is 50.6 Å². The van der Waals surface area contributed by atoms with Gasteiger partial charge in [0, 0.05) is 68.4 Å². The first-order chi connectivity index (χ1) is 21.5. The summed E-state index contributed by atoms with van der Waals surface area (Å²) in [5, 5.41) is 10.1. The molecule has 0 amide bonds. The Morgan fingerprint density at radius 2 is 1.15 bits per heavy atom. The number of carbonyl (C=O) groups is 4. The molecule has 0 atom stereocenters. The molecule has 0 aliphatic rings. The molecule has 0 bridgehead atoms. The molecule has 6 N–H and O–H groups in total. The van der Waals surface area contributed by atoms with Crippen LogP contribution in [0.25, 0.3) is 0 Å². The summed E-state index contributed by atoms with van der Waals surface area (Å²) >= 11 is 0. The molecule has 2 aromatic rings. The van der Waals surface area contributed by atoms with E-state index in [0.717, 1.165) is 0 Å². The molecule has 0 heterocycles. The fourth-order valence-corrected chi connectivity index (χ4v) is 3.22. The van der Waals surface area contributed by atoms with Crippen LogP contribution in [0.1, 0.15) is 47.4 Å². The maximum atomic E-state index is 11.7. The zero-order valence-electron chi connectivity index (χ0n) is 27.5. The number of ketones is 3. The van der Waals surface area contributed by atoms with Gasteiger partial charge in [0.15, 0.2) is 17.3 Å². The molecular formula is C31H46LiN3O11. The van der Waals surface area contributed by atoms with Crippen molar-refractivity contribution < 1.29 is 71.6 Å². The van der Waals surface area contributed by atoms with Crippen LogP contribution in [0.15, 0.2) is 36.4 Å². The number of carboxylic acid groups (broad SMARTS) is 1. The SMILES string of the molecule is CC(=O)c1ccc(OCC(=O)[O-])cc1N.COCCOCCCC(=O)COc1ccc(C(C)=O)c(N)c1.COCCOCCN.[Li+]. The van der Waals surface area contributed by atoms with Crippen LogP contribution in [0.4, 0.5) is 11.4 Å². The molecule has 0 fully saturated rings. The summed E-state index contributed by atoms with van der Waals surface area (Å²) in [4.78, 5) is 44.1. The zero-order chi connectivity index (χ0) is 34.0. The van der Waals surface area contributed by atoms with E-state index < -0.39 is 12.6 Å². The number of nitrogens with two attached hydrogens (primary N) is 3. The Bertz CT molecular complexity index is 1180. The first kappa shape index (κ1) is 44.6. The molecule has 0 aromatic heterocycles. The normalized spacial score (nSPS) is 9.85. The topological polar surface area (TPSA) is 225 Å². The number of hydrogen-bond acceptors (Lipinski definition) is 14. The van der Waals surface area contributed by atoms with Gasteiger partial charge in [0.2, 0.25) is 0 Å². The molecule has 14 nitrogen and oxygen atoms in total. The van der Waals surface area contributed by atoms with Crippen molar-refractivity contribution in [1.29, 1.82) is 0 Å². The van der Waals surface area contributed by atoms with E-state index in [2.05, 4.69) is 0 Å². The maximum Gasteiger partial charge on any atom is 1.00 e. The predicted molar refractivity (Wildman–Crippen MR) is 166 cm³/mol. The van der Waals surface area contributed by atoms with Crippen LogP contribution in [-0.2, 0) is 28.5 Å². The number of hydrogen-bond donors (Lipinski definition) is 3. The second-order valence-corrected chi connectivity index (χ2v) is 9.20. The molecule has 0 aliphatic heterocycles. The van der Waals surface area contributed by atoms with Gasteiger partial charge < -0.3 is 55.5 Å². The Morgan fingerprint density at radius 3 is 1.54 bits per heavy atom. The van der Waals surface area contributed by atoms with Crippen molar-refractivity contribution in [1.82, 2.24) is 0 Å². The third-order valence-corrected chi connectivity index (χ3v) is 5.43. The number of methoxy groups -OCH3 is 2.